The molecule has 0 spiro atoms. The molecule has 0 aliphatic heterocycles. The molecule has 1 aliphatic carbocycles. The van der Waals surface area contributed by atoms with Crippen LogP contribution in [0.25, 0.3) is 21.2 Å². The molecule has 5 heteroatoms. The second-order valence-corrected chi connectivity index (χ2v) is 11.2. The first kappa shape index (κ1) is 23.2. The van der Waals surface area contributed by atoms with Gasteiger partial charge < -0.3 is 9.53 Å². The van der Waals surface area contributed by atoms with Crippen molar-refractivity contribution < 1.29 is 9.53 Å². The van der Waals surface area contributed by atoms with Gasteiger partial charge in [0.25, 0.3) is 0 Å². The monoisotopic (exact) mass is 487 g/mol. The molecule has 1 aliphatic rings. The number of hydrogen-bond donors (Lipinski definition) is 1. The van der Waals surface area contributed by atoms with Gasteiger partial charge in [-0.1, -0.05) is 36.4 Å². The highest BCUT2D eigenvalue weighted by Crippen LogP contribution is 2.30. The van der Waals surface area contributed by atoms with Crippen LogP contribution >= 0.6 is 23.3 Å². The van der Waals surface area contributed by atoms with E-state index in [9.17, 15) is 4.79 Å². The fraction of sp³-hybridized carbons (Fsp3) is 0.276. The van der Waals surface area contributed by atoms with Gasteiger partial charge in [0, 0.05) is 14.6 Å². The highest BCUT2D eigenvalue weighted by atomic mass is 32.2. The average molecular weight is 488 g/mol. The number of benzene rings is 3. The number of ether oxygens (including phenoxy) is 1. The van der Waals surface area contributed by atoms with E-state index in [1.54, 1.807) is 11.3 Å². The van der Waals surface area contributed by atoms with Gasteiger partial charge in [0.2, 0.25) is 0 Å². The Balaban J connectivity index is 1.18. The minimum Gasteiger partial charge on any atom is -0.490 e. The predicted octanol–water partition coefficient (Wildman–Crippen LogP) is 7.61. The topological polar surface area (TPSA) is 38.3 Å². The Hall–Kier alpha value is -2.60. The van der Waals surface area contributed by atoms with Gasteiger partial charge in [0.05, 0.1) is 12.1 Å². The Bertz CT molecular complexity index is 1260. The molecule has 0 amide bonds. The number of aryl methyl sites for hydroxylation is 1. The summed E-state index contributed by atoms with van der Waals surface area (Å²) >= 11 is 3.31. The van der Waals surface area contributed by atoms with E-state index >= 15 is 0 Å². The summed E-state index contributed by atoms with van der Waals surface area (Å²) in [5.41, 5.74) is 2.37. The number of nitrogens with one attached hydrogen (secondary N) is 1. The van der Waals surface area contributed by atoms with Crippen LogP contribution in [-0.4, -0.2) is 18.4 Å². The van der Waals surface area contributed by atoms with Gasteiger partial charge in [0.15, 0.2) is 0 Å². The summed E-state index contributed by atoms with van der Waals surface area (Å²) in [5.74, 6) is 0.958. The van der Waals surface area contributed by atoms with Crippen molar-refractivity contribution in [3.05, 3.63) is 83.2 Å². The minimum absolute atomic E-state index is 0.252. The molecule has 1 unspecified atom stereocenters. The van der Waals surface area contributed by atoms with Crippen LogP contribution < -0.4 is 9.46 Å². The first-order valence-electron chi connectivity index (χ1n) is 11.9. The summed E-state index contributed by atoms with van der Waals surface area (Å²) in [4.78, 5) is 15.4. The summed E-state index contributed by atoms with van der Waals surface area (Å²) in [7, 11) is 0. The van der Waals surface area contributed by atoms with Crippen LogP contribution in [0.4, 0.5) is 0 Å². The molecule has 34 heavy (non-hydrogen) atoms. The van der Waals surface area contributed by atoms with Crippen molar-refractivity contribution in [3.63, 3.8) is 0 Å². The standard InChI is InChI=1S/C29H29NO2S2/c1-20-6-15-29(33-20)22-9-7-21(8-10-22)16-25(19-31)30-34-28-14-12-23-17-27(13-11-24(23)18-28)32-26-4-2-3-5-26/h6-15,17-19,25-26,30H,2-5,16H2,1H3. The molecular formula is C29H29NO2S2. The van der Waals surface area contributed by atoms with Gasteiger partial charge in [-0.2, -0.15) is 0 Å². The zero-order valence-electron chi connectivity index (χ0n) is 19.3. The fourth-order valence-corrected chi connectivity index (χ4v) is 6.07. The fourth-order valence-electron chi connectivity index (χ4n) is 4.45. The van der Waals surface area contributed by atoms with Crippen molar-refractivity contribution in [2.24, 2.45) is 0 Å². The number of hydrogen-bond acceptors (Lipinski definition) is 5. The number of rotatable bonds is 9. The summed E-state index contributed by atoms with van der Waals surface area (Å²) < 4.78 is 9.48. The van der Waals surface area contributed by atoms with E-state index in [1.165, 1.54) is 50.9 Å². The van der Waals surface area contributed by atoms with Crippen LogP contribution in [0.15, 0.2) is 77.7 Å². The van der Waals surface area contributed by atoms with Crippen molar-refractivity contribution in [3.8, 4) is 16.2 Å². The molecule has 0 bridgehead atoms. The molecule has 1 saturated carbocycles. The SMILES string of the molecule is Cc1ccc(-c2ccc(CC(C=O)NSc3ccc4cc(OC5CCCC5)ccc4c3)cc2)s1. The number of aldehydes is 1. The van der Waals surface area contributed by atoms with Gasteiger partial charge >= 0.3 is 0 Å². The first-order valence-corrected chi connectivity index (χ1v) is 13.5. The molecule has 4 aromatic rings. The Morgan fingerprint density at radius 3 is 2.50 bits per heavy atom. The summed E-state index contributed by atoms with van der Waals surface area (Å²) in [5, 5.41) is 2.35. The maximum atomic E-state index is 11.7. The number of thiophene rings is 1. The normalized spacial score (nSPS) is 15.0. The van der Waals surface area contributed by atoms with E-state index in [4.69, 9.17) is 4.74 Å². The Kier molecular flexibility index (Phi) is 7.33. The maximum Gasteiger partial charge on any atom is 0.138 e. The van der Waals surface area contributed by atoms with Crippen LogP contribution in [0.3, 0.4) is 0 Å². The van der Waals surface area contributed by atoms with E-state index in [0.29, 0.717) is 12.5 Å². The van der Waals surface area contributed by atoms with Gasteiger partial charge in [-0.3, -0.25) is 0 Å². The molecule has 0 saturated heterocycles. The lowest BCUT2D eigenvalue weighted by Gasteiger charge is -2.14. The summed E-state index contributed by atoms with van der Waals surface area (Å²) in [6, 6.07) is 25.3. The molecule has 174 valence electrons. The Labute approximate surface area is 209 Å². The lowest BCUT2D eigenvalue weighted by Crippen LogP contribution is -2.27. The van der Waals surface area contributed by atoms with Crippen LogP contribution in [0.1, 0.15) is 36.1 Å². The van der Waals surface area contributed by atoms with E-state index < -0.39 is 0 Å². The first-order chi connectivity index (χ1) is 16.7. The van der Waals surface area contributed by atoms with Crippen molar-refractivity contribution in [2.75, 3.05) is 0 Å². The molecule has 0 radical (unpaired) electrons. The van der Waals surface area contributed by atoms with Crippen LogP contribution in [0.2, 0.25) is 0 Å². The van der Waals surface area contributed by atoms with Gasteiger partial charge in [0.1, 0.15) is 12.0 Å². The van der Waals surface area contributed by atoms with Crippen molar-refractivity contribution >= 4 is 40.3 Å². The quantitative estimate of drug-likeness (QED) is 0.195. The van der Waals surface area contributed by atoms with Gasteiger partial charge in [-0.25, -0.2) is 4.72 Å². The highest BCUT2D eigenvalue weighted by molar-refractivity contribution is 7.97. The minimum atomic E-state index is -0.252. The zero-order chi connectivity index (χ0) is 23.3. The largest absolute Gasteiger partial charge is 0.490 e. The average Bonchev–Trinajstić information content (AvgIpc) is 3.54. The van der Waals surface area contributed by atoms with E-state index in [1.807, 2.05) is 0 Å². The van der Waals surface area contributed by atoms with Gasteiger partial charge in [-0.15, -0.1) is 11.3 Å². The van der Waals surface area contributed by atoms with Crippen molar-refractivity contribution in [1.82, 2.24) is 4.72 Å². The van der Waals surface area contributed by atoms with Crippen molar-refractivity contribution in [1.29, 1.82) is 0 Å². The third kappa shape index (κ3) is 5.72. The number of carbonyl (C=O) groups is 1. The van der Waals surface area contributed by atoms with Gasteiger partial charge in [-0.05, 0) is 109 Å². The summed E-state index contributed by atoms with van der Waals surface area (Å²) in [6.07, 6.45) is 6.90. The van der Waals surface area contributed by atoms with E-state index in [-0.39, 0.29) is 6.04 Å². The molecule has 3 nitrogen and oxygen atoms in total. The molecule has 1 heterocycles. The third-order valence-corrected chi connectivity index (χ3v) is 8.27. The van der Waals surface area contributed by atoms with E-state index in [2.05, 4.69) is 84.4 Å². The molecule has 1 N–H and O–H groups in total. The predicted molar refractivity (Wildman–Crippen MR) is 144 cm³/mol. The number of carbonyl (C=O) groups excluding carboxylic acids is 1. The molecule has 5 rings (SSSR count). The molecular weight excluding hydrogens is 458 g/mol. The molecule has 1 aromatic heterocycles. The summed E-state index contributed by atoms with van der Waals surface area (Å²) in [6.45, 7) is 2.12. The lowest BCUT2D eigenvalue weighted by molar-refractivity contribution is -0.109. The lowest BCUT2D eigenvalue weighted by atomic mass is 10.0. The maximum absolute atomic E-state index is 11.7. The zero-order valence-corrected chi connectivity index (χ0v) is 21.0. The Morgan fingerprint density at radius 2 is 1.76 bits per heavy atom. The third-order valence-electron chi connectivity index (χ3n) is 6.31. The van der Waals surface area contributed by atoms with Crippen LogP contribution in [-0.2, 0) is 11.2 Å². The van der Waals surface area contributed by atoms with Crippen LogP contribution in [0.5, 0.6) is 5.75 Å². The van der Waals surface area contributed by atoms with E-state index in [0.717, 1.165) is 35.3 Å². The number of fused-ring (bicyclic) bond motifs is 1. The van der Waals surface area contributed by atoms with Crippen LogP contribution in [0, 0.1) is 6.92 Å². The smallest absolute Gasteiger partial charge is 0.138 e. The second kappa shape index (κ2) is 10.8. The van der Waals surface area contributed by atoms with Crippen molar-refractivity contribution in [2.45, 2.75) is 56.1 Å². The molecule has 1 atom stereocenters. The molecule has 1 fully saturated rings. The highest BCUT2D eigenvalue weighted by Gasteiger charge is 2.16. The second-order valence-electron chi connectivity index (χ2n) is 8.97. The molecule has 3 aromatic carbocycles. The Morgan fingerprint density at radius 1 is 1.00 bits per heavy atom.